The molecular formula is C53H65NO12. The van der Waals surface area contributed by atoms with Crippen molar-refractivity contribution in [3.8, 4) is 0 Å². The molecule has 7 unspecified atom stereocenters. The standard InChI is InChI=1S/C53H65NO12/c1-7-41-33(3)32(2)34(4)50(61-41)64-45-35(5)51(62-43-31-60-52(66-46(43)45)40-26-18-11-19-27-40)65-47-42(30-58-49(56)39-24-16-10-17-25-39)63-53(59-29-38-22-14-9-15-23-38)44(54-36(6)55)48(47)57-28-37-20-12-8-13-21-37/h8-27,32-35,41-48,50-53H,7,28-31H2,1-6H3,(H,54,55)/t32-,33+,34?,35?,41?,42+,43?,44?,45+,46-,47+,48?,50-,51-,52?,53-/m0/s1. The van der Waals surface area contributed by atoms with Crippen molar-refractivity contribution in [3.63, 3.8) is 0 Å². The monoisotopic (exact) mass is 907 g/mol. The highest BCUT2D eigenvalue weighted by Gasteiger charge is 2.55. The molecule has 4 aliphatic heterocycles. The molecule has 66 heavy (non-hydrogen) atoms. The zero-order valence-electron chi connectivity index (χ0n) is 38.7. The smallest absolute Gasteiger partial charge is 0.338 e. The van der Waals surface area contributed by atoms with Crippen LogP contribution in [0.4, 0.5) is 0 Å². The number of hydrogen-bond donors (Lipinski definition) is 1. The molecule has 0 radical (unpaired) electrons. The number of rotatable bonds is 16. The number of fused-ring (bicyclic) bond motifs is 1. The fourth-order valence-electron chi connectivity index (χ4n) is 9.53. The normalized spacial score (nSPS) is 34.5. The van der Waals surface area contributed by atoms with Gasteiger partial charge in [0.15, 0.2) is 25.2 Å². The van der Waals surface area contributed by atoms with E-state index >= 15 is 0 Å². The number of carbonyl (C=O) groups excluding carboxylic acids is 2. The number of hydrogen-bond acceptors (Lipinski definition) is 12. The summed E-state index contributed by atoms with van der Waals surface area (Å²) in [4.78, 5) is 26.7. The molecule has 0 bridgehead atoms. The first kappa shape index (κ1) is 47.9. The number of benzene rings is 4. The van der Waals surface area contributed by atoms with Crippen LogP contribution >= 0.6 is 0 Å². The lowest BCUT2D eigenvalue weighted by atomic mass is 9.78. The van der Waals surface area contributed by atoms with Crippen LogP contribution in [0.25, 0.3) is 0 Å². The van der Waals surface area contributed by atoms with E-state index in [1.807, 2.05) is 104 Å². The van der Waals surface area contributed by atoms with E-state index in [0.717, 1.165) is 23.1 Å². The van der Waals surface area contributed by atoms with Crippen molar-refractivity contribution in [1.82, 2.24) is 5.32 Å². The van der Waals surface area contributed by atoms with Gasteiger partial charge in [0.1, 0.15) is 43.2 Å². The maximum atomic E-state index is 13.5. The van der Waals surface area contributed by atoms with E-state index in [2.05, 4.69) is 33.0 Å². The summed E-state index contributed by atoms with van der Waals surface area (Å²) >= 11 is 0. The predicted molar refractivity (Wildman–Crippen MR) is 243 cm³/mol. The summed E-state index contributed by atoms with van der Waals surface area (Å²) in [7, 11) is 0. The number of esters is 1. The lowest BCUT2D eigenvalue weighted by Crippen LogP contribution is -2.68. The summed E-state index contributed by atoms with van der Waals surface area (Å²) in [6, 6.07) is 37.1. The highest BCUT2D eigenvalue weighted by Crippen LogP contribution is 2.43. The SMILES string of the molecule is CCC1O[C@@H](O[C@@H]2C(C)[C@H](O[C@H]3C(OCc4ccccc4)C(NC(C)=O)[C@@H](OCc4ccccc4)O[C@@H]3COC(=O)c3ccccc3)OC3COC(c4ccccc4)O[C@@H]32)C(C)[C@@H](C)[C@H]1C. The molecule has 1 N–H and O–H groups in total. The second-order valence-electron chi connectivity index (χ2n) is 18.1. The molecule has 4 aromatic carbocycles. The fraction of sp³-hybridized carbons (Fsp3) is 0.509. The van der Waals surface area contributed by atoms with Crippen LogP contribution in [0.2, 0.25) is 0 Å². The Kier molecular flexibility index (Phi) is 16.3. The second kappa shape index (κ2) is 22.5. The molecule has 0 spiro atoms. The van der Waals surface area contributed by atoms with Gasteiger partial charge in [0.25, 0.3) is 0 Å². The van der Waals surface area contributed by atoms with Crippen LogP contribution in [-0.4, -0.2) is 92.7 Å². The lowest BCUT2D eigenvalue weighted by molar-refractivity contribution is -0.392. The number of carbonyl (C=O) groups is 2. The minimum absolute atomic E-state index is 0.0240. The Labute approximate surface area is 388 Å². The van der Waals surface area contributed by atoms with Crippen LogP contribution in [0.1, 0.15) is 81.3 Å². The maximum absolute atomic E-state index is 13.5. The van der Waals surface area contributed by atoms with E-state index in [0.29, 0.717) is 17.4 Å². The van der Waals surface area contributed by atoms with Gasteiger partial charge in [-0.2, -0.15) is 0 Å². The van der Waals surface area contributed by atoms with Crippen molar-refractivity contribution in [1.29, 1.82) is 0 Å². The van der Waals surface area contributed by atoms with E-state index in [1.54, 1.807) is 24.3 Å². The van der Waals surface area contributed by atoms with E-state index < -0.39 is 79.7 Å². The summed E-state index contributed by atoms with van der Waals surface area (Å²) in [5, 5.41) is 3.07. The number of ether oxygens (including phenoxy) is 10. The topological polar surface area (TPSA) is 138 Å². The third kappa shape index (κ3) is 11.4. The summed E-state index contributed by atoms with van der Waals surface area (Å²) in [5.41, 5.74) is 3.06. The molecule has 4 saturated heterocycles. The van der Waals surface area contributed by atoms with Crippen LogP contribution in [0.15, 0.2) is 121 Å². The Morgan fingerprint density at radius 1 is 0.606 bits per heavy atom. The first-order valence-electron chi connectivity index (χ1n) is 23.5. The lowest BCUT2D eigenvalue weighted by Gasteiger charge is -2.53. The minimum Gasteiger partial charge on any atom is -0.459 e. The Morgan fingerprint density at radius 2 is 1.18 bits per heavy atom. The van der Waals surface area contributed by atoms with Gasteiger partial charge in [-0.15, -0.1) is 0 Å². The largest absolute Gasteiger partial charge is 0.459 e. The molecule has 4 fully saturated rings. The van der Waals surface area contributed by atoms with Gasteiger partial charge in [0.2, 0.25) is 5.91 Å². The third-order valence-corrected chi connectivity index (χ3v) is 13.6. The second-order valence-corrected chi connectivity index (χ2v) is 18.1. The molecule has 13 heteroatoms. The molecule has 0 aromatic heterocycles. The molecule has 0 saturated carbocycles. The van der Waals surface area contributed by atoms with Crippen LogP contribution in [-0.2, 0) is 65.4 Å². The van der Waals surface area contributed by atoms with E-state index in [9.17, 15) is 9.59 Å². The molecule has 4 aliphatic rings. The van der Waals surface area contributed by atoms with Gasteiger partial charge in [-0.1, -0.05) is 144 Å². The molecule has 4 heterocycles. The molecule has 4 aromatic rings. The predicted octanol–water partition coefficient (Wildman–Crippen LogP) is 8.16. The highest BCUT2D eigenvalue weighted by molar-refractivity contribution is 5.89. The average molecular weight is 908 g/mol. The van der Waals surface area contributed by atoms with Gasteiger partial charge in [-0.05, 0) is 41.5 Å². The van der Waals surface area contributed by atoms with Crippen molar-refractivity contribution in [2.45, 2.75) is 135 Å². The number of amides is 1. The van der Waals surface area contributed by atoms with Crippen molar-refractivity contribution < 1.29 is 57.0 Å². The van der Waals surface area contributed by atoms with E-state index in [1.165, 1.54) is 6.92 Å². The van der Waals surface area contributed by atoms with Gasteiger partial charge in [0, 0.05) is 24.3 Å². The van der Waals surface area contributed by atoms with Gasteiger partial charge in [-0.3, -0.25) is 4.79 Å². The average Bonchev–Trinajstić information content (AvgIpc) is 3.35. The van der Waals surface area contributed by atoms with Crippen LogP contribution in [0.5, 0.6) is 0 Å². The minimum atomic E-state index is -1.05. The summed E-state index contributed by atoms with van der Waals surface area (Å²) < 4.78 is 67.3. The van der Waals surface area contributed by atoms with Crippen molar-refractivity contribution in [3.05, 3.63) is 144 Å². The van der Waals surface area contributed by atoms with Crippen molar-refractivity contribution >= 4 is 11.9 Å². The Hall–Kier alpha value is -4.54. The quantitative estimate of drug-likeness (QED) is 0.109. The first-order chi connectivity index (χ1) is 32.1. The molecular weight excluding hydrogens is 843 g/mol. The summed E-state index contributed by atoms with van der Waals surface area (Å²) in [5.74, 6) is -0.548. The maximum Gasteiger partial charge on any atom is 0.338 e. The molecule has 1 amide bonds. The zero-order chi connectivity index (χ0) is 46.2. The van der Waals surface area contributed by atoms with Gasteiger partial charge < -0.3 is 52.7 Å². The highest BCUT2D eigenvalue weighted by atomic mass is 16.8. The molecule has 13 nitrogen and oxygen atoms in total. The van der Waals surface area contributed by atoms with Crippen LogP contribution < -0.4 is 5.32 Å². The third-order valence-electron chi connectivity index (χ3n) is 13.6. The summed E-state index contributed by atoms with van der Waals surface area (Å²) in [6.45, 7) is 12.6. The number of nitrogens with one attached hydrogen (secondary N) is 1. The van der Waals surface area contributed by atoms with Gasteiger partial charge in [-0.25, -0.2) is 4.79 Å². The fourth-order valence-corrected chi connectivity index (χ4v) is 9.53. The summed E-state index contributed by atoms with van der Waals surface area (Å²) in [6.07, 6.45) is -6.88. The Bertz CT molecular complexity index is 2110. The van der Waals surface area contributed by atoms with E-state index in [4.69, 9.17) is 47.4 Å². The van der Waals surface area contributed by atoms with E-state index in [-0.39, 0.29) is 44.4 Å². The van der Waals surface area contributed by atoms with Crippen molar-refractivity contribution in [2.75, 3.05) is 13.2 Å². The Balaban J connectivity index is 1.14. The molecule has 354 valence electrons. The van der Waals surface area contributed by atoms with Crippen LogP contribution in [0, 0.1) is 23.7 Å². The Morgan fingerprint density at radius 3 is 1.82 bits per heavy atom. The molecule has 8 rings (SSSR count). The molecule has 16 atom stereocenters. The molecule has 0 aliphatic carbocycles. The van der Waals surface area contributed by atoms with Crippen LogP contribution in [0.3, 0.4) is 0 Å². The van der Waals surface area contributed by atoms with Gasteiger partial charge >= 0.3 is 5.97 Å². The van der Waals surface area contributed by atoms with Gasteiger partial charge in [0.05, 0.1) is 37.6 Å². The van der Waals surface area contributed by atoms with Crippen molar-refractivity contribution in [2.24, 2.45) is 23.7 Å². The zero-order valence-corrected chi connectivity index (χ0v) is 38.7. The first-order valence-corrected chi connectivity index (χ1v) is 23.5.